The Balaban J connectivity index is 2.00. The average molecular weight is 284 g/mol. The molecule has 20 heavy (non-hydrogen) atoms. The molecule has 0 fully saturated rings. The Hall–Kier alpha value is -2.12. The minimum Gasteiger partial charge on any atom is -0.351 e. The Kier molecular flexibility index (Phi) is 4.21. The van der Waals surface area contributed by atoms with Crippen LogP contribution in [0.2, 0.25) is 0 Å². The van der Waals surface area contributed by atoms with Crippen LogP contribution >= 0.6 is 11.3 Å². The average Bonchev–Trinajstić information content (AvgIpc) is 3.00. The number of hydrogen-bond acceptors (Lipinski definition) is 3. The van der Waals surface area contributed by atoms with Gasteiger partial charge in [0.15, 0.2) is 0 Å². The summed E-state index contributed by atoms with van der Waals surface area (Å²) in [6, 6.07) is 12.8. The molecule has 1 heterocycles. The van der Waals surface area contributed by atoms with E-state index in [9.17, 15) is 4.79 Å². The number of rotatable bonds is 4. The molecule has 102 valence electrons. The number of thiophene rings is 1. The summed E-state index contributed by atoms with van der Waals surface area (Å²) in [6.45, 7) is 4.79. The van der Waals surface area contributed by atoms with E-state index >= 15 is 0 Å². The summed E-state index contributed by atoms with van der Waals surface area (Å²) in [6.07, 6.45) is 0. The molecular formula is C16H16N2OS. The van der Waals surface area contributed by atoms with Gasteiger partial charge in [-0.05, 0) is 35.7 Å². The first-order chi connectivity index (χ1) is 9.53. The fourth-order valence-electron chi connectivity index (χ4n) is 1.85. The molecule has 4 heteroatoms. The minimum absolute atomic E-state index is 0.0869. The molecule has 0 spiro atoms. The van der Waals surface area contributed by atoms with Gasteiger partial charge in [-0.15, -0.1) is 11.3 Å². The van der Waals surface area contributed by atoms with Crippen molar-refractivity contribution in [3.8, 4) is 6.07 Å². The van der Waals surface area contributed by atoms with Gasteiger partial charge in [0.05, 0.1) is 11.6 Å². The van der Waals surface area contributed by atoms with Gasteiger partial charge in [-0.2, -0.15) is 5.26 Å². The molecule has 0 aliphatic rings. The zero-order chi connectivity index (χ0) is 14.6. The first kappa shape index (κ1) is 14.3. The molecule has 1 aromatic carbocycles. The van der Waals surface area contributed by atoms with Gasteiger partial charge >= 0.3 is 0 Å². The number of carbonyl (C=O) groups is 1. The van der Waals surface area contributed by atoms with Crippen molar-refractivity contribution in [2.45, 2.75) is 19.3 Å². The fraction of sp³-hybridized carbons (Fsp3) is 0.250. The van der Waals surface area contributed by atoms with Crippen molar-refractivity contribution in [1.82, 2.24) is 5.32 Å². The smallest absolute Gasteiger partial charge is 0.251 e. The first-order valence-electron chi connectivity index (χ1n) is 6.35. The van der Waals surface area contributed by atoms with Crippen molar-refractivity contribution in [1.29, 1.82) is 5.26 Å². The molecular weight excluding hydrogens is 268 g/mol. The number of nitriles is 1. The van der Waals surface area contributed by atoms with Gasteiger partial charge in [0.1, 0.15) is 0 Å². The molecule has 0 bridgehead atoms. The van der Waals surface area contributed by atoms with Gasteiger partial charge in [0, 0.05) is 22.4 Å². The molecule has 2 aromatic rings. The Morgan fingerprint density at radius 1 is 1.30 bits per heavy atom. The second-order valence-electron chi connectivity index (χ2n) is 5.23. The van der Waals surface area contributed by atoms with E-state index in [0.717, 1.165) is 0 Å². The number of nitrogens with zero attached hydrogens (tertiary/aromatic N) is 1. The van der Waals surface area contributed by atoms with Crippen LogP contribution in [-0.2, 0) is 5.41 Å². The number of amides is 1. The van der Waals surface area contributed by atoms with Gasteiger partial charge < -0.3 is 5.32 Å². The first-order valence-corrected chi connectivity index (χ1v) is 7.23. The molecule has 1 aromatic heterocycles. The maximum Gasteiger partial charge on any atom is 0.251 e. The van der Waals surface area contributed by atoms with Crippen molar-refractivity contribution in [2.24, 2.45) is 0 Å². The van der Waals surface area contributed by atoms with Crippen LogP contribution in [0.4, 0.5) is 0 Å². The van der Waals surface area contributed by atoms with Crippen LogP contribution in [0.1, 0.15) is 34.6 Å². The lowest BCUT2D eigenvalue weighted by Gasteiger charge is -2.23. The third-order valence-electron chi connectivity index (χ3n) is 3.16. The SMILES string of the molecule is CC(C)(CNC(=O)c1ccc(C#N)cc1)c1cccs1. The highest BCUT2D eigenvalue weighted by Crippen LogP contribution is 2.26. The van der Waals surface area contributed by atoms with Gasteiger partial charge in [-0.3, -0.25) is 4.79 Å². The van der Waals surface area contributed by atoms with Crippen LogP contribution in [0.5, 0.6) is 0 Å². The maximum atomic E-state index is 12.1. The lowest BCUT2D eigenvalue weighted by molar-refractivity contribution is 0.0946. The number of nitrogens with one attached hydrogen (secondary N) is 1. The van der Waals surface area contributed by atoms with Crippen LogP contribution in [0.25, 0.3) is 0 Å². The molecule has 0 atom stereocenters. The van der Waals surface area contributed by atoms with Gasteiger partial charge in [0.25, 0.3) is 5.91 Å². The third kappa shape index (κ3) is 3.25. The van der Waals surface area contributed by atoms with Gasteiger partial charge in [0.2, 0.25) is 0 Å². The summed E-state index contributed by atoms with van der Waals surface area (Å²) in [5.74, 6) is -0.112. The standard InChI is InChI=1S/C16H16N2OS/c1-16(2,14-4-3-9-20-14)11-18-15(19)13-7-5-12(10-17)6-8-13/h3-9H,11H2,1-2H3,(H,18,19). The molecule has 0 aliphatic carbocycles. The van der Waals surface area contributed by atoms with E-state index in [-0.39, 0.29) is 11.3 Å². The highest BCUT2D eigenvalue weighted by Gasteiger charge is 2.22. The van der Waals surface area contributed by atoms with Crippen molar-refractivity contribution >= 4 is 17.2 Å². The predicted molar refractivity (Wildman–Crippen MR) is 80.8 cm³/mol. The second-order valence-corrected chi connectivity index (χ2v) is 6.18. The van der Waals surface area contributed by atoms with Crippen LogP contribution in [0.15, 0.2) is 41.8 Å². The summed E-state index contributed by atoms with van der Waals surface area (Å²) >= 11 is 1.69. The molecule has 0 unspecified atom stereocenters. The van der Waals surface area contributed by atoms with Crippen molar-refractivity contribution < 1.29 is 4.79 Å². The third-order valence-corrected chi connectivity index (χ3v) is 4.39. The summed E-state index contributed by atoms with van der Waals surface area (Å²) < 4.78 is 0. The van der Waals surface area contributed by atoms with E-state index in [1.165, 1.54) is 4.88 Å². The molecule has 2 rings (SSSR count). The molecule has 0 aliphatic heterocycles. The molecule has 3 nitrogen and oxygen atoms in total. The summed E-state index contributed by atoms with van der Waals surface area (Å²) in [4.78, 5) is 13.3. The van der Waals surface area contributed by atoms with Crippen molar-refractivity contribution in [3.63, 3.8) is 0 Å². The van der Waals surface area contributed by atoms with E-state index < -0.39 is 0 Å². The zero-order valence-corrected chi connectivity index (χ0v) is 12.3. The van der Waals surface area contributed by atoms with E-state index in [1.807, 2.05) is 17.5 Å². The highest BCUT2D eigenvalue weighted by atomic mass is 32.1. The predicted octanol–water partition coefficient (Wildman–Crippen LogP) is 3.33. The van der Waals surface area contributed by atoms with Crippen molar-refractivity contribution in [3.05, 3.63) is 57.8 Å². The van der Waals surface area contributed by atoms with Crippen LogP contribution in [0, 0.1) is 11.3 Å². The normalized spacial score (nSPS) is 10.8. The number of carbonyl (C=O) groups excluding carboxylic acids is 1. The largest absolute Gasteiger partial charge is 0.351 e. The molecule has 0 radical (unpaired) electrons. The number of benzene rings is 1. The zero-order valence-electron chi connectivity index (χ0n) is 11.5. The van der Waals surface area contributed by atoms with E-state index in [0.29, 0.717) is 17.7 Å². The van der Waals surface area contributed by atoms with Gasteiger partial charge in [-0.25, -0.2) is 0 Å². The monoisotopic (exact) mass is 284 g/mol. The second kappa shape index (κ2) is 5.89. The molecule has 0 saturated heterocycles. The Bertz CT molecular complexity index is 621. The fourth-order valence-corrected chi connectivity index (χ4v) is 2.70. The van der Waals surface area contributed by atoms with E-state index in [4.69, 9.17) is 5.26 Å². The Morgan fingerprint density at radius 3 is 2.55 bits per heavy atom. The van der Waals surface area contributed by atoms with E-state index in [2.05, 4.69) is 25.2 Å². The minimum atomic E-state index is -0.112. The van der Waals surface area contributed by atoms with Crippen LogP contribution < -0.4 is 5.32 Å². The number of hydrogen-bond donors (Lipinski definition) is 1. The lowest BCUT2D eigenvalue weighted by atomic mass is 9.91. The van der Waals surface area contributed by atoms with Crippen molar-refractivity contribution in [2.75, 3.05) is 6.54 Å². The molecule has 1 amide bonds. The molecule has 0 saturated carbocycles. The summed E-state index contributed by atoms with van der Waals surface area (Å²) in [7, 11) is 0. The maximum absolute atomic E-state index is 12.1. The molecule has 1 N–H and O–H groups in total. The van der Waals surface area contributed by atoms with Crippen LogP contribution in [-0.4, -0.2) is 12.5 Å². The Labute approximate surface area is 122 Å². The van der Waals surface area contributed by atoms with E-state index in [1.54, 1.807) is 35.6 Å². The lowest BCUT2D eigenvalue weighted by Crippen LogP contribution is -2.36. The Morgan fingerprint density at radius 2 is 2.00 bits per heavy atom. The van der Waals surface area contributed by atoms with Crippen LogP contribution in [0.3, 0.4) is 0 Å². The summed E-state index contributed by atoms with van der Waals surface area (Å²) in [5.41, 5.74) is 1.04. The topological polar surface area (TPSA) is 52.9 Å². The summed E-state index contributed by atoms with van der Waals surface area (Å²) in [5, 5.41) is 13.7. The van der Waals surface area contributed by atoms with Gasteiger partial charge in [-0.1, -0.05) is 19.9 Å². The highest BCUT2D eigenvalue weighted by molar-refractivity contribution is 7.10. The quantitative estimate of drug-likeness (QED) is 0.936.